The molecule has 0 aromatic carbocycles. The van der Waals surface area contributed by atoms with E-state index in [9.17, 15) is 0 Å². The summed E-state index contributed by atoms with van der Waals surface area (Å²) in [4.78, 5) is 9.95. The monoisotopic (exact) mass is 277 g/mol. The van der Waals surface area contributed by atoms with Crippen molar-refractivity contribution < 1.29 is 4.74 Å². The van der Waals surface area contributed by atoms with E-state index in [-0.39, 0.29) is 12.1 Å². The number of ether oxygens (including phenoxy) is 1. The molecule has 0 fully saturated rings. The van der Waals surface area contributed by atoms with Crippen LogP contribution in [-0.4, -0.2) is 16.1 Å². The van der Waals surface area contributed by atoms with E-state index in [1.165, 1.54) is 4.88 Å². The number of pyridine rings is 1. The summed E-state index contributed by atoms with van der Waals surface area (Å²) in [7, 11) is 0. The van der Waals surface area contributed by atoms with E-state index in [0.717, 1.165) is 16.6 Å². The fraction of sp³-hybridized carbons (Fsp3) is 0.429. The van der Waals surface area contributed by atoms with Crippen LogP contribution in [0, 0.1) is 6.92 Å². The molecular formula is C14H19N3OS. The zero-order chi connectivity index (χ0) is 13.8. The number of hydrogen-bond donors (Lipinski definition) is 1. The number of anilines is 1. The molecule has 0 aliphatic heterocycles. The van der Waals surface area contributed by atoms with Gasteiger partial charge in [-0.2, -0.15) is 0 Å². The highest BCUT2D eigenvalue weighted by molar-refractivity contribution is 7.11. The van der Waals surface area contributed by atoms with Gasteiger partial charge in [0, 0.05) is 17.3 Å². The average Bonchev–Trinajstić information content (AvgIpc) is 2.78. The fourth-order valence-electron chi connectivity index (χ4n) is 1.69. The Bertz CT molecular complexity index is 539. The van der Waals surface area contributed by atoms with Gasteiger partial charge in [0.15, 0.2) is 11.6 Å². The molecule has 102 valence electrons. The largest absolute Gasteiger partial charge is 0.487 e. The van der Waals surface area contributed by atoms with Gasteiger partial charge >= 0.3 is 0 Å². The Morgan fingerprint density at radius 3 is 2.68 bits per heavy atom. The molecule has 0 aliphatic rings. The lowest BCUT2D eigenvalue weighted by Gasteiger charge is -2.17. The van der Waals surface area contributed by atoms with Crippen LogP contribution in [0.15, 0.2) is 24.5 Å². The summed E-state index contributed by atoms with van der Waals surface area (Å²) >= 11 is 1.69. The molecular weight excluding hydrogens is 258 g/mol. The molecule has 2 aromatic heterocycles. The van der Waals surface area contributed by atoms with Gasteiger partial charge in [-0.3, -0.25) is 0 Å². The predicted molar refractivity (Wildman–Crippen MR) is 78.9 cm³/mol. The van der Waals surface area contributed by atoms with Gasteiger partial charge in [0.05, 0.1) is 12.1 Å². The van der Waals surface area contributed by atoms with Crippen LogP contribution in [0.1, 0.15) is 36.7 Å². The van der Waals surface area contributed by atoms with Crippen molar-refractivity contribution in [2.75, 3.05) is 5.32 Å². The predicted octanol–water partition coefficient (Wildman–Crippen LogP) is 3.81. The van der Waals surface area contributed by atoms with Crippen LogP contribution >= 0.6 is 11.3 Å². The number of thiazole rings is 1. The molecule has 1 unspecified atom stereocenters. The molecule has 1 N–H and O–H groups in total. The van der Waals surface area contributed by atoms with Crippen molar-refractivity contribution in [1.29, 1.82) is 0 Å². The Kier molecular flexibility index (Phi) is 4.37. The molecule has 0 radical (unpaired) electrons. The van der Waals surface area contributed by atoms with E-state index in [0.29, 0.717) is 0 Å². The van der Waals surface area contributed by atoms with Crippen LogP contribution in [0.2, 0.25) is 0 Å². The molecule has 5 heteroatoms. The van der Waals surface area contributed by atoms with Crippen LogP contribution in [0.4, 0.5) is 5.82 Å². The summed E-state index contributed by atoms with van der Waals surface area (Å²) in [5, 5.41) is 4.41. The first-order valence-corrected chi connectivity index (χ1v) is 7.18. The van der Waals surface area contributed by atoms with Crippen LogP contribution in [0.25, 0.3) is 0 Å². The van der Waals surface area contributed by atoms with Crippen molar-refractivity contribution in [3.8, 4) is 5.75 Å². The SMILES string of the molecule is Cc1cnc(C(C)Nc2ncccc2OC(C)C)s1. The van der Waals surface area contributed by atoms with Crippen molar-refractivity contribution in [3.63, 3.8) is 0 Å². The molecule has 0 saturated carbocycles. The number of aromatic nitrogens is 2. The smallest absolute Gasteiger partial charge is 0.169 e. The molecule has 1 atom stereocenters. The lowest BCUT2D eigenvalue weighted by Crippen LogP contribution is -2.12. The first kappa shape index (κ1) is 13.8. The van der Waals surface area contributed by atoms with Crippen molar-refractivity contribution in [2.24, 2.45) is 0 Å². The average molecular weight is 277 g/mol. The Morgan fingerprint density at radius 2 is 2.05 bits per heavy atom. The molecule has 2 rings (SSSR count). The summed E-state index contributed by atoms with van der Waals surface area (Å²) in [5.41, 5.74) is 0. The first-order valence-electron chi connectivity index (χ1n) is 6.37. The maximum Gasteiger partial charge on any atom is 0.169 e. The molecule has 2 heterocycles. The molecule has 0 spiro atoms. The van der Waals surface area contributed by atoms with E-state index < -0.39 is 0 Å². The molecule has 0 bridgehead atoms. The molecule has 0 aliphatic carbocycles. The van der Waals surface area contributed by atoms with Gasteiger partial charge in [-0.1, -0.05) is 0 Å². The third kappa shape index (κ3) is 3.67. The summed E-state index contributed by atoms with van der Waals surface area (Å²) in [6.07, 6.45) is 3.78. The van der Waals surface area contributed by atoms with Crippen molar-refractivity contribution in [3.05, 3.63) is 34.4 Å². The third-order valence-electron chi connectivity index (χ3n) is 2.50. The standard InChI is InChI=1S/C14H19N3OS/c1-9(2)18-12-6-5-7-15-13(12)17-11(4)14-16-8-10(3)19-14/h5-9,11H,1-4H3,(H,15,17). The zero-order valence-electron chi connectivity index (χ0n) is 11.7. The molecule has 0 saturated heterocycles. The fourth-order valence-corrected chi connectivity index (χ4v) is 2.46. The van der Waals surface area contributed by atoms with Gasteiger partial charge in [0.25, 0.3) is 0 Å². The normalized spacial score (nSPS) is 12.5. The van der Waals surface area contributed by atoms with Crippen LogP contribution < -0.4 is 10.1 Å². The summed E-state index contributed by atoms with van der Waals surface area (Å²) in [6.45, 7) is 8.14. The van der Waals surface area contributed by atoms with E-state index in [2.05, 4.69) is 29.1 Å². The summed E-state index contributed by atoms with van der Waals surface area (Å²) in [6, 6.07) is 3.92. The van der Waals surface area contributed by atoms with E-state index in [1.807, 2.05) is 32.2 Å². The lowest BCUT2D eigenvalue weighted by molar-refractivity contribution is 0.242. The molecule has 4 nitrogen and oxygen atoms in total. The lowest BCUT2D eigenvalue weighted by atomic mass is 10.3. The van der Waals surface area contributed by atoms with Gasteiger partial charge in [-0.05, 0) is 39.8 Å². The number of nitrogens with one attached hydrogen (secondary N) is 1. The Balaban J connectivity index is 2.14. The Morgan fingerprint density at radius 1 is 1.26 bits per heavy atom. The van der Waals surface area contributed by atoms with Gasteiger partial charge < -0.3 is 10.1 Å². The Hall–Kier alpha value is -1.62. The minimum Gasteiger partial charge on any atom is -0.487 e. The summed E-state index contributed by atoms with van der Waals surface area (Å²) in [5.74, 6) is 1.54. The van der Waals surface area contributed by atoms with Crippen molar-refractivity contribution >= 4 is 17.2 Å². The number of hydrogen-bond acceptors (Lipinski definition) is 5. The van der Waals surface area contributed by atoms with E-state index in [1.54, 1.807) is 17.5 Å². The number of rotatable bonds is 5. The van der Waals surface area contributed by atoms with Crippen LogP contribution in [0.5, 0.6) is 5.75 Å². The van der Waals surface area contributed by atoms with Crippen LogP contribution in [-0.2, 0) is 0 Å². The molecule has 0 amide bonds. The molecule has 19 heavy (non-hydrogen) atoms. The molecule has 2 aromatic rings. The maximum atomic E-state index is 5.75. The van der Waals surface area contributed by atoms with Gasteiger partial charge in [0.1, 0.15) is 5.01 Å². The summed E-state index contributed by atoms with van der Waals surface area (Å²) < 4.78 is 5.75. The highest BCUT2D eigenvalue weighted by atomic mass is 32.1. The number of aryl methyl sites for hydroxylation is 1. The second-order valence-corrected chi connectivity index (χ2v) is 5.96. The maximum absolute atomic E-state index is 5.75. The topological polar surface area (TPSA) is 47.0 Å². The van der Waals surface area contributed by atoms with Crippen LogP contribution in [0.3, 0.4) is 0 Å². The van der Waals surface area contributed by atoms with Gasteiger partial charge in [0.2, 0.25) is 0 Å². The quantitative estimate of drug-likeness (QED) is 0.903. The Labute approximate surface area is 117 Å². The van der Waals surface area contributed by atoms with Gasteiger partial charge in [-0.15, -0.1) is 11.3 Å². The van der Waals surface area contributed by atoms with E-state index >= 15 is 0 Å². The van der Waals surface area contributed by atoms with Crippen molar-refractivity contribution in [1.82, 2.24) is 9.97 Å². The minimum atomic E-state index is 0.114. The minimum absolute atomic E-state index is 0.114. The zero-order valence-corrected chi connectivity index (χ0v) is 12.5. The van der Waals surface area contributed by atoms with E-state index in [4.69, 9.17) is 4.74 Å². The first-order chi connectivity index (χ1) is 9.06. The highest BCUT2D eigenvalue weighted by Gasteiger charge is 2.13. The highest BCUT2D eigenvalue weighted by Crippen LogP contribution is 2.28. The van der Waals surface area contributed by atoms with Gasteiger partial charge in [-0.25, -0.2) is 9.97 Å². The second-order valence-electron chi connectivity index (χ2n) is 4.69. The third-order valence-corrected chi connectivity index (χ3v) is 3.59. The number of nitrogens with zero attached hydrogens (tertiary/aromatic N) is 2. The van der Waals surface area contributed by atoms with Crippen molar-refractivity contribution in [2.45, 2.75) is 39.8 Å². The second kappa shape index (κ2) is 6.02.